The number of carbonyl (C=O) groups excluding carboxylic acids is 4. The van der Waals surface area contributed by atoms with Crippen molar-refractivity contribution in [3.63, 3.8) is 0 Å². The average molecular weight is 509 g/mol. The molecule has 2 heterocycles. The normalized spacial score (nSPS) is 34.3. The maximum absolute atomic E-state index is 14.4. The molecule has 37 heavy (non-hydrogen) atoms. The van der Waals surface area contributed by atoms with E-state index < -0.39 is 17.4 Å². The van der Waals surface area contributed by atoms with Gasteiger partial charge in [0.05, 0.1) is 35.8 Å². The third-order valence-corrected chi connectivity index (χ3v) is 9.31. The van der Waals surface area contributed by atoms with E-state index in [9.17, 15) is 19.2 Å². The third kappa shape index (κ3) is 4.37. The summed E-state index contributed by atoms with van der Waals surface area (Å²) in [6.45, 7) is 3.03. The molecule has 2 saturated heterocycles. The Kier molecular flexibility index (Phi) is 6.33. The van der Waals surface area contributed by atoms with Crippen LogP contribution in [0.2, 0.25) is 0 Å². The van der Waals surface area contributed by atoms with Crippen LogP contribution in [0, 0.1) is 23.2 Å². The molecule has 4 bridgehead atoms. The molecule has 0 N–H and O–H groups in total. The molecule has 2 aliphatic heterocycles. The highest BCUT2D eigenvalue weighted by molar-refractivity contribution is 6.23. The summed E-state index contributed by atoms with van der Waals surface area (Å²) in [6, 6.07) is 5.49. The lowest BCUT2D eigenvalue weighted by Crippen LogP contribution is -2.58. The smallest absolute Gasteiger partial charge is 0.338 e. The zero-order chi connectivity index (χ0) is 25.7. The van der Waals surface area contributed by atoms with Crippen molar-refractivity contribution in [2.24, 2.45) is 23.2 Å². The molecule has 8 heteroatoms. The second-order valence-corrected chi connectivity index (χ2v) is 11.8. The largest absolute Gasteiger partial charge is 0.462 e. The summed E-state index contributed by atoms with van der Waals surface area (Å²) in [6.07, 6.45) is 8.11. The standard InChI is InChI=1S/C29H36N2O6/c1-2-36-27(34)21-5-7-22(8-6-21)31-25(32)13-24(26(31)33)30(17-23-4-3-9-37-23)28(35)29-14-18-10-19(15-29)12-20(11-18)16-29/h5-8,18-20,23-24H,2-4,9-17H2,1H3. The minimum Gasteiger partial charge on any atom is -0.462 e. The van der Waals surface area contributed by atoms with E-state index in [-0.39, 0.29) is 36.9 Å². The molecule has 4 saturated carbocycles. The number of carbonyl (C=O) groups is 4. The highest BCUT2D eigenvalue weighted by atomic mass is 16.5. The SMILES string of the molecule is CCOC(=O)c1ccc(N2C(=O)CC(N(CC3CCCO3)C(=O)C34CC5CC(CC(C5)C3)C4)C2=O)cc1. The van der Waals surface area contributed by atoms with Gasteiger partial charge in [-0.3, -0.25) is 14.4 Å². The first-order valence-electron chi connectivity index (χ1n) is 13.9. The van der Waals surface area contributed by atoms with Crippen LogP contribution in [-0.4, -0.2) is 60.5 Å². The predicted octanol–water partition coefficient (Wildman–Crippen LogP) is 3.72. The van der Waals surface area contributed by atoms with Crippen LogP contribution in [0.4, 0.5) is 5.69 Å². The molecule has 3 amide bonds. The molecule has 4 aliphatic carbocycles. The first kappa shape index (κ1) is 24.6. The fraction of sp³-hybridized carbons (Fsp3) is 0.655. The van der Waals surface area contributed by atoms with Crippen LogP contribution in [0.1, 0.15) is 75.1 Å². The molecule has 0 aromatic heterocycles. The van der Waals surface area contributed by atoms with Crippen LogP contribution in [0.3, 0.4) is 0 Å². The first-order chi connectivity index (χ1) is 17.9. The summed E-state index contributed by atoms with van der Waals surface area (Å²) < 4.78 is 10.9. The Labute approximate surface area is 217 Å². The van der Waals surface area contributed by atoms with Crippen LogP contribution in [0.15, 0.2) is 24.3 Å². The molecule has 198 valence electrons. The van der Waals surface area contributed by atoms with E-state index >= 15 is 0 Å². The molecule has 7 rings (SSSR count). The van der Waals surface area contributed by atoms with Crippen LogP contribution < -0.4 is 4.90 Å². The lowest BCUT2D eigenvalue weighted by Gasteiger charge is -2.57. The lowest BCUT2D eigenvalue weighted by atomic mass is 9.49. The fourth-order valence-electron chi connectivity index (χ4n) is 8.13. The van der Waals surface area contributed by atoms with Crippen LogP contribution >= 0.6 is 0 Å². The molecule has 1 aromatic rings. The molecule has 2 atom stereocenters. The third-order valence-electron chi connectivity index (χ3n) is 9.31. The van der Waals surface area contributed by atoms with Gasteiger partial charge in [0.1, 0.15) is 6.04 Å². The van der Waals surface area contributed by atoms with Crippen molar-refractivity contribution in [2.75, 3.05) is 24.7 Å². The van der Waals surface area contributed by atoms with E-state index in [4.69, 9.17) is 9.47 Å². The van der Waals surface area contributed by atoms with Gasteiger partial charge in [-0.05, 0) is 100 Å². The summed E-state index contributed by atoms with van der Waals surface area (Å²) in [5, 5.41) is 0. The number of nitrogens with zero attached hydrogens (tertiary/aromatic N) is 2. The molecule has 0 spiro atoms. The van der Waals surface area contributed by atoms with E-state index in [2.05, 4.69) is 0 Å². The Hall–Kier alpha value is -2.74. The van der Waals surface area contributed by atoms with Crippen molar-refractivity contribution in [3.8, 4) is 0 Å². The minimum absolute atomic E-state index is 0.0245. The van der Waals surface area contributed by atoms with Gasteiger partial charge in [0.2, 0.25) is 11.8 Å². The number of rotatable bonds is 7. The van der Waals surface area contributed by atoms with Crippen molar-refractivity contribution in [1.29, 1.82) is 0 Å². The number of benzene rings is 1. The predicted molar refractivity (Wildman–Crippen MR) is 135 cm³/mol. The van der Waals surface area contributed by atoms with Crippen molar-refractivity contribution in [2.45, 2.75) is 76.9 Å². The van der Waals surface area contributed by atoms with Crippen molar-refractivity contribution >= 4 is 29.4 Å². The number of imide groups is 1. The van der Waals surface area contributed by atoms with Crippen molar-refractivity contribution < 1.29 is 28.7 Å². The summed E-state index contributed by atoms with van der Waals surface area (Å²) in [4.78, 5) is 56.3. The van der Waals surface area contributed by atoms with Gasteiger partial charge in [-0.2, -0.15) is 0 Å². The van der Waals surface area contributed by atoms with Crippen molar-refractivity contribution in [1.82, 2.24) is 4.90 Å². The Morgan fingerprint density at radius 1 is 1.05 bits per heavy atom. The van der Waals surface area contributed by atoms with Crippen LogP contribution in [-0.2, 0) is 23.9 Å². The quantitative estimate of drug-likeness (QED) is 0.412. The fourth-order valence-corrected chi connectivity index (χ4v) is 8.13. The summed E-state index contributed by atoms with van der Waals surface area (Å²) >= 11 is 0. The Morgan fingerprint density at radius 2 is 1.70 bits per heavy atom. The Bertz CT molecular complexity index is 1060. The lowest BCUT2D eigenvalue weighted by molar-refractivity contribution is -0.163. The number of anilines is 1. The maximum Gasteiger partial charge on any atom is 0.338 e. The van der Waals surface area contributed by atoms with Gasteiger partial charge >= 0.3 is 5.97 Å². The molecular weight excluding hydrogens is 472 g/mol. The van der Waals surface area contributed by atoms with Gasteiger partial charge in [0.15, 0.2) is 0 Å². The van der Waals surface area contributed by atoms with E-state index in [1.165, 1.54) is 24.2 Å². The van der Waals surface area contributed by atoms with Gasteiger partial charge < -0.3 is 14.4 Å². The molecule has 6 aliphatic rings. The molecule has 6 fully saturated rings. The number of ether oxygens (including phenoxy) is 2. The zero-order valence-electron chi connectivity index (χ0n) is 21.5. The maximum atomic E-state index is 14.4. The van der Waals surface area contributed by atoms with E-state index in [0.717, 1.165) is 32.1 Å². The summed E-state index contributed by atoms with van der Waals surface area (Å²) in [7, 11) is 0. The van der Waals surface area contributed by atoms with E-state index in [0.29, 0.717) is 42.2 Å². The zero-order valence-corrected chi connectivity index (χ0v) is 21.5. The molecular formula is C29H36N2O6. The monoisotopic (exact) mass is 508 g/mol. The van der Waals surface area contributed by atoms with Crippen LogP contribution in [0.5, 0.6) is 0 Å². The molecule has 2 unspecified atom stereocenters. The van der Waals surface area contributed by atoms with Crippen molar-refractivity contribution in [3.05, 3.63) is 29.8 Å². The molecule has 8 nitrogen and oxygen atoms in total. The van der Waals surface area contributed by atoms with Gasteiger partial charge in [-0.15, -0.1) is 0 Å². The highest BCUT2D eigenvalue weighted by Crippen LogP contribution is 2.60. The number of amides is 3. The van der Waals surface area contributed by atoms with Gasteiger partial charge in [-0.25, -0.2) is 9.69 Å². The second kappa shape index (κ2) is 9.53. The van der Waals surface area contributed by atoms with Gasteiger partial charge in [-0.1, -0.05) is 0 Å². The van der Waals surface area contributed by atoms with E-state index in [1.54, 1.807) is 36.1 Å². The molecule has 1 aromatic carbocycles. The average Bonchev–Trinajstić information content (AvgIpc) is 3.49. The van der Waals surface area contributed by atoms with Gasteiger partial charge in [0.25, 0.3) is 5.91 Å². The Balaban J connectivity index is 1.26. The topological polar surface area (TPSA) is 93.2 Å². The van der Waals surface area contributed by atoms with Gasteiger partial charge in [0, 0.05) is 13.2 Å². The summed E-state index contributed by atoms with van der Waals surface area (Å²) in [5.74, 6) is 0.738. The highest BCUT2D eigenvalue weighted by Gasteiger charge is 2.57. The molecule has 0 radical (unpaired) electrons. The first-order valence-corrected chi connectivity index (χ1v) is 13.9. The van der Waals surface area contributed by atoms with Crippen LogP contribution in [0.25, 0.3) is 0 Å². The second-order valence-electron chi connectivity index (χ2n) is 11.8. The number of hydrogen-bond donors (Lipinski definition) is 0. The summed E-state index contributed by atoms with van der Waals surface area (Å²) in [5.41, 5.74) is 0.369. The number of hydrogen-bond acceptors (Lipinski definition) is 6. The number of esters is 1. The van der Waals surface area contributed by atoms with E-state index in [1.807, 2.05) is 0 Å². The Morgan fingerprint density at radius 3 is 2.27 bits per heavy atom. The minimum atomic E-state index is -0.818.